The number of hydrogen-bond acceptors (Lipinski definition) is 2. The van der Waals surface area contributed by atoms with Crippen LogP contribution in [0, 0.1) is 12.8 Å². The molecule has 0 radical (unpaired) electrons. The number of benzene rings is 1. The van der Waals surface area contributed by atoms with Crippen LogP contribution in [0.5, 0.6) is 0 Å². The molecule has 2 heteroatoms. The first kappa shape index (κ1) is 13.6. The normalized spacial score (nSPS) is 16.9. The highest BCUT2D eigenvalue weighted by atomic mass is 14.9. The van der Waals surface area contributed by atoms with Gasteiger partial charge in [0.1, 0.15) is 0 Å². The van der Waals surface area contributed by atoms with E-state index in [2.05, 4.69) is 41.8 Å². The van der Waals surface area contributed by atoms with Crippen molar-refractivity contribution in [3.05, 3.63) is 35.4 Å². The average Bonchev–Trinajstić information content (AvgIpc) is 2.42. The lowest BCUT2D eigenvalue weighted by molar-refractivity contribution is 0.349. The fourth-order valence-electron chi connectivity index (χ4n) is 2.72. The number of nitrogens with one attached hydrogen (secondary N) is 2. The molecule has 0 atom stereocenters. The predicted molar refractivity (Wildman–Crippen MR) is 78.0 cm³/mol. The molecule has 0 aliphatic carbocycles. The lowest BCUT2D eigenvalue weighted by Crippen LogP contribution is -2.30. The summed E-state index contributed by atoms with van der Waals surface area (Å²) in [6.45, 7) is 6.92. The Labute approximate surface area is 111 Å². The Morgan fingerprint density at radius 3 is 2.72 bits per heavy atom. The minimum Gasteiger partial charge on any atom is -0.317 e. The predicted octanol–water partition coefficient (Wildman–Crippen LogP) is 2.52. The van der Waals surface area contributed by atoms with Crippen molar-refractivity contribution in [1.82, 2.24) is 10.6 Å². The van der Waals surface area contributed by atoms with E-state index in [-0.39, 0.29) is 0 Å². The van der Waals surface area contributed by atoms with E-state index < -0.39 is 0 Å². The zero-order valence-electron chi connectivity index (χ0n) is 11.5. The molecule has 1 aliphatic rings. The Hall–Kier alpha value is -0.860. The summed E-state index contributed by atoms with van der Waals surface area (Å²) in [7, 11) is 0. The van der Waals surface area contributed by atoms with E-state index in [1.165, 1.54) is 50.0 Å². The van der Waals surface area contributed by atoms with Gasteiger partial charge in [-0.3, -0.25) is 0 Å². The fraction of sp³-hybridized carbons (Fsp3) is 0.625. The molecule has 2 nitrogen and oxygen atoms in total. The van der Waals surface area contributed by atoms with Crippen LogP contribution in [0.4, 0.5) is 0 Å². The third-order valence-electron chi connectivity index (χ3n) is 4.02. The molecule has 0 unspecified atom stereocenters. The van der Waals surface area contributed by atoms with Crippen LogP contribution in [0.15, 0.2) is 24.3 Å². The molecule has 2 N–H and O–H groups in total. The lowest BCUT2D eigenvalue weighted by atomic mass is 9.95. The first-order valence-electron chi connectivity index (χ1n) is 7.32. The highest BCUT2D eigenvalue weighted by molar-refractivity contribution is 5.25. The molecule has 1 fully saturated rings. The van der Waals surface area contributed by atoms with Crippen molar-refractivity contribution < 1.29 is 0 Å². The second kappa shape index (κ2) is 7.55. The third kappa shape index (κ3) is 4.43. The van der Waals surface area contributed by atoms with Gasteiger partial charge < -0.3 is 10.6 Å². The number of piperidine rings is 1. The van der Waals surface area contributed by atoms with Gasteiger partial charge in [-0.25, -0.2) is 0 Å². The maximum Gasteiger partial charge on any atom is -0.000825 e. The van der Waals surface area contributed by atoms with Crippen LogP contribution in [-0.4, -0.2) is 26.2 Å². The third-order valence-corrected chi connectivity index (χ3v) is 4.02. The molecule has 0 saturated carbocycles. The Balaban J connectivity index is 1.57. The molecule has 1 heterocycles. The molecule has 2 rings (SSSR count). The Morgan fingerprint density at radius 1 is 1.17 bits per heavy atom. The monoisotopic (exact) mass is 246 g/mol. The van der Waals surface area contributed by atoms with Gasteiger partial charge in [-0.05, 0) is 75.8 Å². The largest absolute Gasteiger partial charge is 0.317 e. The summed E-state index contributed by atoms with van der Waals surface area (Å²) in [5, 5.41) is 7.01. The van der Waals surface area contributed by atoms with Gasteiger partial charge in [-0.2, -0.15) is 0 Å². The summed E-state index contributed by atoms with van der Waals surface area (Å²) < 4.78 is 0. The summed E-state index contributed by atoms with van der Waals surface area (Å²) in [4.78, 5) is 0. The van der Waals surface area contributed by atoms with Crippen LogP contribution < -0.4 is 10.6 Å². The minimum absolute atomic E-state index is 0.942. The van der Waals surface area contributed by atoms with E-state index in [1.807, 2.05) is 0 Å². The Bertz CT molecular complexity index is 343. The standard InChI is InChI=1S/C16H26N2/c1-14-4-2-3-5-16(14)9-13-18-12-8-15-6-10-17-11-7-15/h2-5,15,17-18H,6-13H2,1H3. The molecule has 0 bridgehead atoms. The molecule has 1 aliphatic heterocycles. The SMILES string of the molecule is Cc1ccccc1CCNCCC1CCNCC1. The fourth-order valence-corrected chi connectivity index (χ4v) is 2.72. The zero-order valence-corrected chi connectivity index (χ0v) is 11.5. The summed E-state index contributed by atoms with van der Waals surface area (Å²) >= 11 is 0. The maximum absolute atomic E-state index is 3.59. The molecule has 0 aromatic heterocycles. The van der Waals surface area contributed by atoms with E-state index in [0.717, 1.165) is 18.9 Å². The molecule has 0 spiro atoms. The van der Waals surface area contributed by atoms with Crippen molar-refractivity contribution in [2.75, 3.05) is 26.2 Å². The van der Waals surface area contributed by atoms with E-state index >= 15 is 0 Å². The van der Waals surface area contributed by atoms with Gasteiger partial charge in [0.05, 0.1) is 0 Å². The van der Waals surface area contributed by atoms with E-state index in [1.54, 1.807) is 0 Å². The minimum atomic E-state index is 0.942. The van der Waals surface area contributed by atoms with Crippen LogP contribution in [0.1, 0.15) is 30.4 Å². The van der Waals surface area contributed by atoms with Crippen molar-refractivity contribution in [1.29, 1.82) is 0 Å². The molecule has 1 aromatic rings. The van der Waals surface area contributed by atoms with Crippen molar-refractivity contribution in [2.45, 2.75) is 32.6 Å². The second-order valence-electron chi connectivity index (χ2n) is 5.41. The van der Waals surface area contributed by atoms with E-state index in [0.29, 0.717) is 0 Å². The Kier molecular flexibility index (Phi) is 5.69. The molecular formula is C16H26N2. The molecular weight excluding hydrogens is 220 g/mol. The first-order valence-corrected chi connectivity index (χ1v) is 7.32. The number of aryl methyl sites for hydroxylation is 1. The van der Waals surface area contributed by atoms with Gasteiger partial charge >= 0.3 is 0 Å². The summed E-state index contributed by atoms with van der Waals surface area (Å²) in [5.41, 5.74) is 2.89. The lowest BCUT2D eigenvalue weighted by Gasteiger charge is -2.22. The van der Waals surface area contributed by atoms with Gasteiger partial charge in [0.15, 0.2) is 0 Å². The smallest absolute Gasteiger partial charge is 0.000825 e. The first-order chi connectivity index (χ1) is 8.86. The summed E-state index contributed by atoms with van der Waals surface area (Å²) in [6, 6.07) is 8.69. The van der Waals surface area contributed by atoms with Gasteiger partial charge in [0, 0.05) is 0 Å². The molecule has 1 aromatic carbocycles. The molecule has 18 heavy (non-hydrogen) atoms. The highest BCUT2D eigenvalue weighted by Crippen LogP contribution is 2.14. The number of hydrogen-bond donors (Lipinski definition) is 2. The summed E-state index contributed by atoms with van der Waals surface area (Å²) in [5.74, 6) is 0.942. The van der Waals surface area contributed by atoms with Gasteiger partial charge in [0.25, 0.3) is 0 Å². The van der Waals surface area contributed by atoms with Crippen molar-refractivity contribution >= 4 is 0 Å². The summed E-state index contributed by atoms with van der Waals surface area (Å²) in [6.07, 6.45) is 5.22. The van der Waals surface area contributed by atoms with Gasteiger partial charge in [-0.15, -0.1) is 0 Å². The van der Waals surface area contributed by atoms with Gasteiger partial charge in [0.2, 0.25) is 0 Å². The van der Waals surface area contributed by atoms with Crippen LogP contribution in [0.25, 0.3) is 0 Å². The Morgan fingerprint density at radius 2 is 1.94 bits per heavy atom. The highest BCUT2D eigenvalue weighted by Gasteiger charge is 2.11. The average molecular weight is 246 g/mol. The molecule has 100 valence electrons. The quantitative estimate of drug-likeness (QED) is 0.754. The van der Waals surface area contributed by atoms with Crippen molar-refractivity contribution in [3.63, 3.8) is 0 Å². The maximum atomic E-state index is 3.59. The second-order valence-corrected chi connectivity index (χ2v) is 5.41. The van der Waals surface area contributed by atoms with Crippen molar-refractivity contribution in [2.24, 2.45) is 5.92 Å². The zero-order chi connectivity index (χ0) is 12.6. The van der Waals surface area contributed by atoms with Crippen LogP contribution in [0.3, 0.4) is 0 Å². The molecule has 0 amide bonds. The van der Waals surface area contributed by atoms with Crippen molar-refractivity contribution in [3.8, 4) is 0 Å². The van der Waals surface area contributed by atoms with Crippen LogP contribution >= 0.6 is 0 Å². The van der Waals surface area contributed by atoms with Gasteiger partial charge in [-0.1, -0.05) is 24.3 Å². The van der Waals surface area contributed by atoms with Crippen LogP contribution in [-0.2, 0) is 6.42 Å². The molecule has 1 saturated heterocycles. The van der Waals surface area contributed by atoms with Crippen LogP contribution in [0.2, 0.25) is 0 Å². The topological polar surface area (TPSA) is 24.1 Å². The van der Waals surface area contributed by atoms with E-state index in [9.17, 15) is 0 Å². The number of rotatable bonds is 6. The van der Waals surface area contributed by atoms with E-state index in [4.69, 9.17) is 0 Å².